The number of nitrogens with one attached hydrogen (secondary N) is 1. The standard InChI is InChI=1S/C13H10BrClN2O2/c14-9-4-10(15)13(17-6-9)16-5-8-1-2-11-12(3-8)19-7-18-11/h1-4,6H,5,7H2,(H,16,17). The van der Waals surface area contributed by atoms with E-state index in [1.807, 2.05) is 18.2 Å². The van der Waals surface area contributed by atoms with Crippen molar-refractivity contribution in [2.45, 2.75) is 6.54 Å². The second-order valence-electron chi connectivity index (χ2n) is 4.03. The number of hydrogen-bond donors (Lipinski definition) is 1. The van der Waals surface area contributed by atoms with Gasteiger partial charge in [0, 0.05) is 17.2 Å². The number of hydrogen-bond acceptors (Lipinski definition) is 4. The highest BCUT2D eigenvalue weighted by atomic mass is 79.9. The molecule has 0 amide bonds. The summed E-state index contributed by atoms with van der Waals surface area (Å²) in [6, 6.07) is 7.63. The van der Waals surface area contributed by atoms with Crippen molar-refractivity contribution in [2.24, 2.45) is 0 Å². The van der Waals surface area contributed by atoms with Crippen molar-refractivity contribution in [3.63, 3.8) is 0 Å². The summed E-state index contributed by atoms with van der Waals surface area (Å²) in [6.07, 6.45) is 1.70. The molecule has 6 heteroatoms. The molecule has 1 aliphatic rings. The largest absolute Gasteiger partial charge is 0.454 e. The number of halogens is 2. The van der Waals surface area contributed by atoms with Gasteiger partial charge < -0.3 is 14.8 Å². The third-order valence-electron chi connectivity index (χ3n) is 2.70. The Hall–Kier alpha value is -1.46. The molecule has 19 heavy (non-hydrogen) atoms. The minimum atomic E-state index is 0.284. The Morgan fingerprint density at radius 1 is 1.26 bits per heavy atom. The van der Waals surface area contributed by atoms with Crippen LogP contribution in [0, 0.1) is 0 Å². The van der Waals surface area contributed by atoms with Gasteiger partial charge in [-0.1, -0.05) is 17.7 Å². The van der Waals surface area contributed by atoms with Crippen LogP contribution in [0.1, 0.15) is 5.56 Å². The molecule has 0 saturated carbocycles. The molecule has 4 nitrogen and oxygen atoms in total. The van der Waals surface area contributed by atoms with Gasteiger partial charge in [0.25, 0.3) is 0 Å². The van der Waals surface area contributed by atoms with Crippen LogP contribution < -0.4 is 14.8 Å². The van der Waals surface area contributed by atoms with Gasteiger partial charge in [-0.3, -0.25) is 0 Å². The molecule has 0 unspecified atom stereocenters. The molecule has 0 fully saturated rings. The maximum absolute atomic E-state index is 6.09. The van der Waals surface area contributed by atoms with Gasteiger partial charge in [-0.2, -0.15) is 0 Å². The minimum Gasteiger partial charge on any atom is -0.454 e. The first-order valence-corrected chi connectivity index (χ1v) is 6.83. The minimum absolute atomic E-state index is 0.284. The first-order chi connectivity index (χ1) is 9.22. The third-order valence-corrected chi connectivity index (χ3v) is 3.43. The van der Waals surface area contributed by atoms with Crippen molar-refractivity contribution in [1.29, 1.82) is 0 Å². The Kier molecular flexibility index (Phi) is 3.48. The predicted molar refractivity (Wildman–Crippen MR) is 76.8 cm³/mol. The average molecular weight is 342 g/mol. The summed E-state index contributed by atoms with van der Waals surface area (Å²) in [6.45, 7) is 0.900. The Bertz CT molecular complexity index is 622. The van der Waals surface area contributed by atoms with Crippen LogP contribution in [0.5, 0.6) is 11.5 Å². The normalized spacial score (nSPS) is 12.5. The fourth-order valence-corrected chi connectivity index (χ4v) is 2.48. The summed E-state index contributed by atoms with van der Waals surface area (Å²) in [4.78, 5) is 4.22. The molecule has 3 rings (SSSR count). The highest BCUT2D eigenvalue weighted by molar-refractivity contribution is 9.10. The smallest absolute Gasteiger partial charge is 0.231 e. The lowest BCUT2D eigenvalue weighted by molar-refractivity contribution is 0.174. The number of benzene rings is 1. The highest BCUT2D eigenvalue weighted by Gasteiger charge is 2.13. The molecular weight excluding hydrogens is 332 g/mol. The Morgan fingerprint density at radius 3 is 2.95 bits per heavy atom. The second-order valence-corrected chi connectivity index (χ2v) is 5.35. The van der Waals surface area contributed by atoms with E-state index in [1.165, 1.54) is 0 Å². The van der Waals surface area contributed by atoms with E-state index in [0.29, 0.717) is 17.4 Å². The zero-order valence-electron chi connectivity index (χ0n) is 9.82. The average Bonchev–Trinajstić information content (AvgIpc) is 2.85. The molecule has 1 aromatic heterocycles. The Labute approximate surface area is 123 Å². The maximum Gasteiger partial charge on any atom is 0.231 e. The number of pyridine rings is 1. The Morgan fingerprint density at radius 2 is 2.11 bits per heavy atom. The molecule has 1 N–H and O–H groups in total. The molecule has 2 aromatic rings. The molecule has 98 valence electrons. The van der Waals surface area contributed by atoms with Crippen molar-refractivity contribution in [1.82, 2.24) is 4.98 Å². The fourth-order valence-electron chi connectivity index (χ4n) is 1.78. The number of anilines is 1. The van der Waals surface area contributed by atoms with Gasteiger partial charge in [0.1, 0.15) is 5.82 Å². The molecule has 0 atom stereocenters. The van der Waals surface area contributed by atoms with Crippen LogP contribution in [0.2, 0.25) is 5.02 Å². The monoisotopic (exact) mass is 340 g/mol. The molecule has 1 aliphatic heterocycles. The van der Waals surface area contributed by atoms with Crippen molar-refractivity contribution < 1.29 is 9.47 Å². The van der Waals surface area contributed by atoms with Crippen LogP contribution in [0.4, 0.5) is 5.82 Å². The van der Waals surface area contributed by atoms with Gasteiger partial charge >= 0.3 is 0 Å². The lowest BCUT2D eigenvalue weighted by Gasteiger charge is -2.08. The molecule has 1 aromatic carbocycles. The van der Waals surface area contributed by atoms with E-state index in [9.17, 15) is 0 Å². The highest BCUT2D eigenvalue weighted by Crippen LogP contribution is 2.32. The molecular formula is C13H10BrClN2O2. The van der Waals surface area contributed by atoms with Crippen molar-refractivity contribution in [2.75, 3.05) is 12.1 Å². The van der Waals surface area contributed by atoms with E-state index in [1.54, 1.807) is 12.3 Å². The molecule has 0 aliphatic carbocycles. The first kappa shape index (κ1) is 12.6. The van der Waals surface area contributed by atoms with Gasteiger partial charge in [0.05, 0.1) is 5.02 Å². The third kappa shape index (κ3) is 2.77. The summed E-state index contributed by atoms with van der Waals surface area (Å²) in [5, 5.41) is 3.77. The van der Waals surface area contributed by atoms with E-state index in [4.69, 9.17) is 21.1 Å². The maximum atomic E-state index is 6.09. The van der Waals surface area contributed by atoms with E-state index >= 15 is 0 Å². The van der Waals surface area contributed by atoms with E-state index in [0.717, 1.165) is 21.5 Å². The summed E-state index contributed by atoms with van der Waals surface area (Å²) in [5.41, 5.74) is 1.07. The van der Waals surface area contributed by atoms with Crippen molar-refractivity contribution in [3.8, 4) is 11.5 Å². The van der Waals surface area contributed by atoms with Crippen molar-refractivity contribution >= 4 is 33.3 Å². The SMILES string of the molecule is Clc1cc(Br)cnc1NCc1ccc2c(c1)OCO2. The summed E-state index contributed by atoms with van der Waals surface area (Å²) in [7, 11) is 0. The summed E-state index contributed by atoms with van der Waals surface area (Å²) in [5.74, 6) is 2.21. The zero-order valence-corrected chi connectivity index (χ0v) is 12.2. The topological polar surface area (TPSA) is 43.4 Å². The van der Waals surface area contributed by atoms with Gasteiger partial charge in [-0.05, 0) is 39.7 Å². The predicted octanol–water partition coefficient (Wildman–Crippen LogP) is 3.84. The number of rotatable bonds is 3. The molecule has 2 heterocycles. The number of fused-ring (bicyclic) bond motifs is 1. The fraction of sp³-hybridized carbons (Fsp3) is 0.154. The number of nitrogens with zero attached hydrogens (tertiary/aromatic N) is 1. The lowest BCUT2D eigenvalue weighted by Crippen LogP contribution is -2.01. The molecule has 0 saturated heterocycles. The molecule has 0 radical (unpaired) electrons. The lowest BCUT2D eigenvalue weighted by atomic mass is 10.2. The van der Waals surface area contributed by atoms with Crippen LogP contribution in [-0.4, -0.2) is 11.8 Å². The van der Waals surface area contributed by atoms with Crippen LogP contribution in [-0.2, 0) is 6.54 Å². The molecule has 0 bridgehead atoms. The van der Waals surface area contributed by atoms with Gasteiger partial charge in [0.15, 0.2) is 11.5 Å². The van der Waals surface area contributed by atoms with E-state index in [-0.39, 0.29) is 6.79 Å². The van der Waals surface area contributed by atoms with Crippen LogP contribution >= 0.6 is 27.5 Å². The van der Waals surface area contributed by atoms with Crippen LogP contribution in [0.25, 0.3) is 0 Å². The molecule has 0 spiro atoms. The van der Waals surface area contributed by atoms with E-state index in [2.05, 4.69) is 26.2 Å². The van der Waals surface area contributed by atoms with Gasteiger partial charge in [-0.25, -0.2) is 4.98 Å². The Balaban J connectivity index is 1.72. The van der Waals surface area contributed by atoms with Crippen LogP contribution in [0.3, 0.4) is 0 Å². The van der Waals surface area contributed by atoms with Gasteiger partial charge in [0.2, 0.25) is 6.79 Å². The summed E-state index contributed by atoms with van der Waals surface area (Å²) < 4.78 is 11.5. The van der Waals surface area contributed by atoms with Gasteiger partial charge in [-0.15, -0.1) is 0 Å². The second kappa shape index (κ2) is 5.27. The quantitative estimate of drug-likeness (QED) is 0.921. The van der Waals surface area contributed by atoms with Crippen molar-refractivity contribution in [3.05, 3.63) is 45.5 Å². The van der Waals surface area contributed by atoms with E-state index < -0.39 is 0 Å². The zero-order chi connectivity index (χ0) is 13.2. The summed E-state index contributed by atoms with van der Waals surface area (Å²) >= 11 is 9.41. The number of ether oxygens (including phenoxy) is 2. The van der Waals surface area contributed by atoms with Crippen LogP contribution in [0.15, 0.2) is 34.9 Å². The number of aromatic nitrogens is 1. The first-order valence-electron chi connectivity index (χ1n) is 5.66.